The third-order valence-electron chi connectivity index (χ3n) is 2.55. The highest BCUT2D eigenvalue weighted by molar-refractivity contribution is 9.10. The fourth-order valence-electron chi connectivity index (χ4n) is 2.12. The van der Waals surface area contributed by atoms with E-state index in [1.54, 1.807) is 0 Å². The molecule has 0 saturated carbocycles. The first-order valence-corrected chi connectivity index (χ1v) is 6.95. The molecule has 2 aromatic rings. The van der Waals surface area contributed by atoms with Crippen molar-refractivity contribution in [1.29, 1.82) is 0 Å². The molecule has 0 atom stereocenters. The second kappa shape index (κ2) is 6.75. The SMILES string of the molecule is Cc1cc(C)cc(Br)c1.Cc1cc(C)cc(C)c1. The maximum Gasteiger partial charge on any atom is 0.0180 e. The summed E-state index contributed by atoms with van der Waals surface area (Å²) < 4.78 is 1.17. The molecule has 0 amide bonds. The second-order valence-electron chi connectivity index (χ2n) is 4.97. The van der Waals surface area contributed by atoms with Crippen molar-refractivity contribution >= 4 is 15.9 Å². The lowest BCUT2D eigenvalue weighted by Gasteiger charge is -1.96. The molecule has 2 rings (SSSR count). The van der Waals surface area contributed by atoms with Gasteiger partial charge in [-0.25, -0.2) is 0 Å². The molecule has 0 aliphatic carbocycles. The van der Waals surface area contributed by atoms with Crippen LogP contribution in [0, 0.1) is 34.6 Å². The van der Waals surface area contributed by atoms with Crippen LogP contribution in [0.25, 0.3) is 0 Å². The Labute approximate surface area is 119 Å². The van der Waals surface area contributed by atoms with Gasteiger partial charge in [0.2, 0.25) is 0 Å². The maximum absolute atomic E-state index is 3.41. The Morgan fingerprint density at radius 1 is 0.500 bits per heavy atom. The number of hydrogen-bond donors (Lipinski definition) is 0. The third-order valence-corrected chi connectivity index (χ3v) is 3.01. The minimum absolute atomic E-state index is 1.17. The molecule has 0 bridgehead atoms. The Morgan fingerprint density at radius 3 is 0.944 bits per heavy atom. The van der Waals surface area contributed by atoms with Crippen LogP contribution in [-0.4, -0.2) is 0 Å². The molecule has 18 heavy (non-hydrogen) atoms. The Hall–Kier alpha value is -1.08. The Kier molecular flexibility index (Phi) is 5.61. The molecule has 0 aliphatic rings. The van der Waals surface area contributed by atoms with Gasteiger partial charge in [0.1, 0.15) is 0 Å². The highest BCUT2D eigenvalue weighted by Gasteiger charge is 1.89. The van der Waals surface area contributed by atoms with E-state index < -0.39 is 0 Å². The zero-order valence-electron chi connectivity index (χ0n) is 11.8. The summed E-state index contributed by atoms with van der Waals surface area (Å²) in [5.74, 6) is 0. The van der Waals surface area contributed by atoms with E-state index in [9.17, 15) is 0 Å². The molecule has 0 radical (unpaired) electrons. The van der Waals surface area contributed by atoms with Crippen molar-refractivity contribution < 1.29 is 0 Å². The minimum Gasteiger partial charge on any atom is -0.0564 e. The molecule has 0 aliphatic heterocycles. The summed E-state index contributed by atoms with van der Waals surface area (Å²) in [6.07, 6.45) is 0. The Morgan fingerprint density at radius 2 is 0.722 bits per heavy atom. The summed E-state index contributed by atoms with van der Waals surface area (Å²) in [7, 11) is 0. The summed E-state index contributed by atoms with van der Waals surface area (Å²) >= 11 is 3.41. The fraction of sp³-hybridized carbons (Fsp3) is 0.294. The molecule has 0 unspecified atom stereocenters. The van der Waals surface area contributed by atoms with Crippen molar-refractivity contribution in [3.05, 3.63) is 68.7 Å². The highest BCUT2D eigenvalue weighted by Crippen LogP contribution is 2.13. The van der Waals surface area contributed by atoms with Gasteiger partial charge >= 0.3 is 0 Å². The maximum atomic E-state index is 3.41. The van der Waals surface area contributed by atoms with Crippen molar-refractivity contribution in [1.82, 2.24) is 0 Å². The van der Waals surface area contributed by atoms with Crippen LogP contribution in [0.3, 0.4) is 0 Å². The number of halogens is 1. The smallest absolute Gasteiger partial charge is 0.0180 e. The number of aryl methyl sites for hydroxylation is 5. The molecular weight excluding hydrogens is 284 g/mol. The fourth-order valence-corrected chi connectivity index (χ4v) is 2.84. The van der Waals surface area contributed by atoms with E-state index in [4.69, 9.17) is 0 Å². The predicted molar refractivity (Wildman–Crippen MR) is 84.3 cm³/mol. The Bertz CT molecular complexity index is 377. The monoisotopic (exact) mass is 304 g/mol. The van der Waals surface area contributed by atoms with Crippen molar-refractivity contribution in [2.75, 3.05) is 0 Å². The first-order chi connectivity index (χ1) is 8.36. The quantitative estimate of drug-likeness (QED) is 0.587. The molecule has 2 aromatic carbocycles. The zero-order valence-corrected chi connectivity index (χ0v) is 13.4. The average molecular weight is 305 g/mol. The van der Waals surface area contributed by atoms with Crippen LogP contribution in [0.2, 0.25) is 0 Å². The molecular formula is C17H21Br. The third kappa shape index (κ3) is 5.50. The normalized spacial score (nSPS) is 9.67. The van der Waals surface area contributed by atoms with Crippen LogP contribution in [0.5, 0.6) is 0 Å². The second-order valence-corrected chi connectivity index (χ2v) is 5.89. The first-order valence-electron chi connectivity index (χ1n) is 6.15. The van der Waals surface area contributed by atoms with E-state index in [1.807, 2.05) is 0 Å². The topological polar surface area (TPSA) is 0 Å². The lowest BCUT2D eigenvalue weighted by molar-refractivity contribution is 1.32. The van der Waals surface area contributed by atoms with E-state index >= 15 is 0 Å². The molecule has 0 heterocycles. The minimum atomic E-state index is 1.17. The van der Waals surface area contributed by atoms with Crippen LogP contribution >= 0.6 is 15.9 Å². The average Bonchev–Trinajstić information content (AvgIpc) is 2.12. The molecule has 0 fully saturated rings. The van der Waals surface area contributed by atoms with Crippen LogP contribution < -0.4 is 0 Å². The summed E-state index contributed by atoms with van der Waals surface area (Å²) in [6, 6.07) is 12.9. The van der Waals surface area contributed by atoms with Crippen LogP contribution in [0.4, 0.5) is 0 Å². The van der Waals surface area contributed by atoms with Crippen LogP contribution in [0.15, 0.2) is 40.9 Å². The zero-order chi connectivity index (χ0) is 13.7. The van der Waals surface area contributed by atoms with Crippen LogP contribution in [0.1, 0.15) is 27.8 Å². The highest BCUT2D eigenvalue weighted by atomic mass is 79.9. The molecule has 0 N–H and O–H groups in total. The van der Waals surface area contributed by atoms with Gasteiger partial charge in [0.15, 0.2) is 0 Å². The van der Waals surface area contributed by atoms with E-state index in [-0.39, 0.29) is 0 Å². The van der Waals surface area contributed by atoms with Gasteiger partial charge in [0.05, 0.1) is 0 Å². The van der Waals surface area contributed by atoms with Gasteiger partial charge in [-0.2, -0.15) is 0 Å². The number of hydrogen-bond acceptors (Lipinski definition) is 0. The Balaban J connectivity index is 0.000000180. The van der Waals surface area contributed by atoms with E-state index in [0.29, 0.717) is 0 Å². The van der Waals surface area contributed by atoms with Crippen molar-refractivity contribution in [2.24, 2.45) is 0 Å². The molecule has 0 saturated heterocycles. The standard InChI is InChI=1S/C9H12.C8H9Br/c1-7-4-8(2)6-9(3)5-7;1-6-3-7(2)5-8(9)4-6/h4-6H,1-3H3;3-5H,1-2H3. The molecule has 0 aromatic heterocycles. The van der Waals surface area contributed by atoms with Gasteiger partial charge < -0.3 is 0 Å². The predicted octanol–water partition coefficient (Wildman–Crippen LogP) is 5.68. The van der Waals surface area contributed by atoms with Gasteiger partial charge in [-0.3, -0.25) is 0 Å². The van der Waals surface area contributed by atoms with E-state index in [2.05, 4.69) is 86.9 Å². The van der Waals surface area contributed by atoms with Crippen LogP contribution in [-0.2, 0) is 0 Å². The summed E-state index contributed by atoms with van der Waals surface area (Å²) in [5, 5.41) is 0. The molecule has 96 valence electrons. The summed E-state index contributed by atoms with van der Waals surface area (Å²) in [6.45, 7) is 10.6. The number of benzene rings is 2. The van der Waals surface area contributed by atoms with Crippen molar-refractivity contribution in [2.45, 2.75) is 34.6 Å². The lowest BCUT2D eigenvalue weighted by Crippen LogP contribution is -1.78. The van der Waals surface area contributed by atoms with Crippen molar-refractivity contribution in [3.63, 3.8) is 0 Å². The van der Waals surface area contributed by atoms with Gasteiger partial charge in [-0.15, -0.1) is 0 Å². The summed E-state index contributed by atoms with van der Waals surface area (Å²) in [5.41, 5.74) is 6.68. The molecule has 1 heteroatoms. The van der Waals surface area contributed by atoms with Gasteiger partial charge in [-0.05, 0) is 57.9 Å². The van der Waals surface area contributed by atoms with Gasteiger partial charge in [0, 0.05) is 4.47 Å². The summed E-state index contributed by atoms with van der Waals surface area (Å²) in [4.78, 5) is 0. The van der Waals surface area contributed by atoms with E-state index in [1.165, 1.54) is 32.3 Å². The molecule has 0 nitrogen and oxygen atoms in total. The number of rotatable bonds is 0. The first kappa shape index (κ1) is 15.0. The van der Waals surface area contributed by atoms with Gasteiger partial charge in [0.25, 0.3) is 0 Å². The molecule has 0 spiro atoms. The lowest BCUT2D eigenvalue weighted by atomic mass is 10.1. The van der Waals surface area contributed by atoms with E-state index in [0.717, 1.165) is 0 Å². The van der Waals surface area contributed by atoms with Gasteiger partial charge in [-0.1, -0.05) is 56.9 Å². The largest absolute Gasteiger partial charge is 0.0564 e. The van der Waals surface area contributed by atoms with Crippen molar-refractivity contribution in [3.8, 4) is 0 Å².